The zero-order chi connectivity index (χ0) is 20.8. The Morgan fingerprint density at radius 2 is 1.73 bits per heavy atom. The van der Waals surface area contributed by atoms with Crippen LogP contribution in [-0.2, 0) is 33.5 Å². The SMILES string of the molecule is CCc1cccc(CCc2ccccc2C(CN=O)OC2CCOCC2)c1C1CO1. The van der Waals surface area contributed by atoms with Gasteiger partial charge in [-0.15, -0.1) is 0 Å². The van der Waals surface area contributed by atoms with Gasteiger partial charge in [-0.3, -0.25) is 0 Å². The van der Waals surface area contributed by atoms with Crippen LogP contribution in [0.2, 0.25) is 0 Å². The highest BCUT2D eigenvalue weighted by Gasteiger charge is 2.29. The predicted molar refractivity (Wildman–Crippen MR) is 117 cm³/mol. The molecule has 0 N–H and O–H groups in total. The van der Waals surface area contributed by atoms with Gasteiger partial charge in [-0.1, -0.05) is 54.6 Å². The molecular formula is C25H31NO4. The summed E-state index contributed by atoms with van der Waals surface area (Å²) in [5.74, 6) is 0. The van der Waals surface area contributed by atoms with Gasteiger partial charge >= 0.3 is 0 Å². The van der Waals surface area contributed by atoms with E-state index >= 15 is 0 Å². The van der Waals surface area contributed by atoms with E-state index in [4.69, 9.17) is 14.2 Å². The van der Waals surface area contributed by atoms with Gasteiger partial charge in [0.1, 0.15) is 18.8 Å². The van der Waals surface area contributed by atoms with Gasteiger partial charge < -0.3 is 14.2 Å². The van der Waals surface area contributed by atoms with Crippen molar-refractivity contribution in [3.8, 4) is 0 Å². The van der Waals surface area contributed by atoms with E-state index in [0.717, 1.165) is 44.3 Å². The molecule has 2 aromatic rings. The minimum Gasteiger partial charge on any atom is -0.381 e. The molecule has 0 bridgehead atoms. The molecule has 0 spiro atoms. The molecule has 5 nitrogen and oxygen atoms in total. The molecule has 2 atom stereocenters. The standard InChI is InChI=1S/C25H31NO4/c1-2-18-7-5-8-20(25(18)24-17-29-24)11-10-19-6-3-4-9-22(19)23(16-26-27)30-21-12-14-28-15-13-21/h3-9,21,23-24H,2,10-17H2,1H3. The van der Waals surface area contributed by atoms with E-state index in [2.05, 4.69) is 48.5 Å². The predicted octanol–water partition coefficient (Wildman–Crippen LogP) is 5.11. The highest BCUT2D eigenvalue weighted by molar-refractivity contribution is 5.40. The fraction of sp³-hybridized carbons (Fsp3) is 0.520. The molecular weight excluding hydrogens is 378 g/mol. The van der Waals surface area contributed by atoms with E-state index in [9.17, 15) is 4.91 Å². The highest BCUT2D eigenvalue weighted by atomic mass is 16.6. The molecule has 0 aliphatic carbocycles. The third-order valence-corrected chi connectivity index (χ3v) is 6.15. The Hall–Kier alpha value is -2.08. The van der Waals surface area contributed by atoms with E-state index in [1.807, 2.05) is 6.07 Å². The zero-order valence-corrected chi connectivity index (χ0v) is 17.7. The van der Waals surface area contributed by atoms with Crippen LogP contribution < -0.4 is 0 Å². The largest absolute Gasteiger partial charge is 0.381 e. The van der Waals surface area contributed by atoms with Gasteiger partial charge in [0.15, 0.2) is 0 Å². The van der Waals surface area contributed by atoms with Crippen LogP contribution >= 0.6 is 0 Å². The first-order valence-corrected chi connectivity index (χ1v) is 11.1. The Kier molecular flexibility index (Phi) is 7.26. The summed E-state index contributed by atoms with van der Waals surface area (Å²) in [5, 5.41) is 3.18. The molecule has 0 saturated carbocycles. The van der Waals surface area contributed by atoms with Crippen LogP contribution in [-0.4, -0.2) is 32.5 Å². The smallest absolute Gasteiger partial charge is 0.111 e. The monoisotopic (exact) mass is 409 g/mol. The number of benzene rings is 2. The number of nitrogens with zero attached hydrogens (tertiary/aromatic N) is 1. The average molecular weight is 410 g/mol. The van der Waals surface area contributed by atoms with Gasteiger partial charge in [-0.25, -0.2) is 0 Å². The van der Waals surface area contributed by atoms with Crippen LogP contribution in [0.4, 0.5) is 0 Å². The highest BCUT2D eigenvalue weighted by Crippen LogP contribution is 2.36. The van der Waals surface area contributed by atoms with Crippen LogP contribution in [0.5, 0.6) is 0 Å². The van der Waals surface area contributed by atoms with Crippen LogP contribution in [0.15, 0.2) is 47.6 Å². The lowest BCUT2D eigenvalue weighted by Crippen LogP contribution is -2.26. The van der Waals surface area contributed by atoms with E-state index < -0.39 is 0 Å². The van der Waals surface area contributed by atoms with Crippen molar-refractivity contribution in [1.29, 1.82) is 0 Å². The number of epoxide rings is 1. The van der Waals surface area contributed by atoms with E-state index in [0.29, 0.717) is 13.2 Å². The Balaban J connectivity index is 1.52. The molecule has 0 aromatic heterocycles. The molecule has 2 heterocycles. The minimum absolute atomic E-state index is 0.124. The summed E-state index contributed by atoms with van der Waals surface area (Å²) in [4.78, 5) is 11.1. The third-order valence-electron chi connectivity index (χ3n) is 6.15. The molecule has 160 valence electrons. The summed E-state index contributed by atoms with van der Waals surface area (Å²) in [6.07, 6.45) is 4.68. The normalized spacial score (nSPS) is 20.1. The second-order valence-electron chi connectivity index (χ2n) is 8.11. The van der Waals surface area contributed by atoms with Crippen LogP contribution in [0, 0.1) is 4.91 Å². The van der Waals surface area contributed by atoms with Gasteiger partial charge in [0.25, 0.3) is 0 Å². The fourth-order valence-electron chi connectivity index (χ4n) is 4.49. The van der Waals surface area contributed by atoms with Crippen molar-refractivity contribution in [2.45, 2.75) is 57.3 Å². The number of rotatable bonds is 10. The summed E-state index contributed by atoms with van der Waals surface area (Å²) >= 11 is 0. The number of hydrogen-bond acceptors (Lipinski definition) is 5. The van der Waals surface area contributed by atoms with Crippen LogP contribution in [0.3, 0.4) is 0 Å². The first kappa shape index (κ1) is 21.2. The molecule has 2 aliphatic heterocycles. The van der Waals surface area contributed by atoms with E-state index in [-0.39, 0.29) is 24.9 Å². The van der Waals surface area contributed by atoms with Gasteiger partial charge in [-0.2, -0.15) is 4.91 Å². The van der Waals surface area contributed by atoms with Crippen molar-refractivity contribution in [2.75, 3.05) is 26.4 Å². The quantitative estimate of drug-likeness (QED) is 0.404. The maximum atomic E-state index is 11.1. The van der Waals surface area contributed by atoms with Gasteiger partial charge in [0.05, 0.1) is 12.7 Å². The molecule has 2 aromatic carbocycles. The van der Waals surface area contributed by atoms with Gasteiger partial charge in [-0.05, 0) is 59.9 Å². The van der Waals surface area contributed by atoms with Crippen molar-refractivity contribution in [3.63, 3.8) is 0 Å². The minimum atomic E-state index is -0.296. The lowest BCUT2D eigenvalue weighted by molar-refractivity contribution is -0.0667. The maximum absolute atomic E-state index is 11.1. The lowest BCUT2D eigenvalue weighted by Gasteiger charge is -2.28. The third kappa shape index (κ3) is 5.15. The lowest BCUT2D eigenvalue weighted by atomic mass is 9.91. The maximum Gasteiger partial charge on any atom is 0.111 e. The molecule has 2 fully saturated rings. The molecule has 2 unspecified atom stereocenters. The second kappa shape index (κ2) is 10.3. The Bertz CT molecular complexity index is 843. The van der Waals surface area contributed by atoms with Crippen molar-refractivity contribution in [2.24, 2.45) is 5.18 Å². The van der Waals surface area contributed by atoms with Gasteiger partial charge in [0, 0.05) is 13.2 Å². The molecule has 2 aliphatic rings. The van der Waals surface area contributed by atoms with Gasteiger partial charge in [0.2, 0.25) is 0 Å². The summed E-state index contributed by atoms with van der Waals surface area (Å²) in [7, 11) is 0. The van der Waals surface area contributed by atoms with Crippen molar-refractivity contribution < 1.29 is 14.2 Å². The van der Waals surface area contributed by atoms with Crippen molar-refractivity contribution in [1.82, 2.24) is 0 Å². The average Bonchev–Trinajstić information content (AvgIpc) is 3.63. The number of ether oxygens (including phenoxy) is 3. The number of nitroso groups, excluding NO2 is 1. The zero-order valence-electron chi connectivity index (χ0n) is 17.7. The molecule has 0 radical (unpaired) electrons. The topological polar surface area (TPSA) is 60.4 Å². The summed E-state index contributed by atoms with van der Waals surface area (Å²) < 4.78 is 17.4. The Labute approximate surface area is 178 Å². The fourth-order valence-corrected chi connectivity index (χ4v) is 4.49. The molecule has 5 heteroatoms. The van der Waals surface area contributed by atoms with Crippen LogP contribution in [0.25, 0.3) is 0 Å². The number of hydrogen-bond donors (Lipinski definition) is 0. The molecule has 0 amide bonds. The summed E-state index contributed by atoms with van der Waals surface area (Å²) in [6, 6.07) is 14.9. The summed E-state index contributed by atoms with van der Waals surface area (Å²) in [5.41, 5.74) is 6.43. The first-order valence-electron chi connectivity index (χ1n) is 11.1. The second-order valence-corrected chi connectivity index (χ2v) is 8.11. The van der Waals surface area contributed by atoms with E-state index in [1.54, 1.807) is 0 Å². The Morgan fingerprint density at radius 3 is 2.47 bits per heavy atom. The Morgan fingerprint density at radius 1 is 1.03 bits per heavy atom. The van der Waals surface area contributed by atoms with Crippen LogP contribution in [0.1, 0.15) is 59.8 Å². The summed E-state index contributed by atoms with van der Waals surface area (Å²) in [6.45, 7) is 4.60. The number of aryl methyl sites for hydroxylation is 3. The van der Waals surface area contributed by atoms with E-state index in [1.165, 1.54) is 22.3 Å². The molecule has 30 heavy (non-hydrogen) atoms. The molecule has 4 rings (SSSR count). The first-order chi connectivity index (χ1) is 14.8. The molecule has 2 saturated heterocycles. The van der Waals surface area contributed by atoms with Crippen molar-refractivity contribution in [3.05, 3.63) is 75.2 Å². The van der Waals surface area contributed by atoms with Crippen molar-refractivity contribution >= 4 is 0 Å².